The summed E-state index contributed by atoms with van der Waals surface area (Å²) in [6, 6.07) is 5.81. The molecule has 20 heavy (non-hydrogen) atoms. The summed E-state index contributed by atoms with van der Waals surface area (Å²) in [6.45, 7) is 1.65. The van der Waals surface area contributed by atoms with E-state index in [2.05, 4.69) is 5.32 Å². The van der Waals surface area contributed by atoms with Crippen molar-refractivity contribution in [1.82, 2.24) is 5.32 Å². The molecule has 1 atom stereocenters. The van der Waals surface area contributed by atoms with E-state index in [0.29, 0.717) is 17.7 Å². The van der Waals surface area contributed by atoms with Crippen molar-refractivity contribution < 1.29 is 13.9 Å². The molecule has 0 spiro atoms. The Labute approximate surface area is 117 Å². The minimum Gasteiger partial charge on any atom is -0.483 e. The number of nitriles is 1. The predicted molar refractivity (Wildman–Crippen MR) is 72.5 cm³/mol. The van der Waals surface area contributed by atoms with E-state index >= 15 is 0 Å². The van der Waals surface area contributed by atoms with Gasteiger partial charge in [0, 0.05) is 6.04 Å². The second kappa shape index (κ2) is 8.12. The number of carbonyl (C=O) groups excluding carboxylic acids is 1. The fraction of sp³-hybridized carbons (Fsp3) is 0.429. The molecule has 1 aromatic carbocycles. The smallest absolute Gasteiger partial charge is 0.258 e. The Morgan fingerprint density at radius 3 is 3.00 bits per heavy atom. The van der Waals surface area contributed by atoms with Crippen molar-refractivity contribution in [3.63, 3.8) is 0 Å². The summed E-state index contributed by atoms with van der Waals surface area (Å²) in [5.41, 5.74) is 6.48. The first-order valence-electron chi connectivity index (χ1n) is 6.37. The van der Waals surface area contributed by atoms with Crippen molar-refractivity contribution in [2.75, 3.05) is 13.2 Å². The Balaban J connectivity index is 2.69. The fourth-order valence-electron chi connectivity index (χ4n) is 1.61. The van der Waals surface area contributed by atoms with Crippen molar-refractivity contribution in [2.24, 2.45) is 5.73 Å². The minimum absolute atomic E-state index is 0.0703. The van der Waals surface area contributed by atoms with Crippen LogP contribution in [-0.4, -0.2) is 25.1 Å². The van der Waals surface area contributed by atoms with Crippen molar-refractivity contribution in [3.8, 4) is 11.8 Å². The van der Waals surface area contributed by atoms with Crippen molar-refractivity contribution in [1.29, 1.82) is 5.26 Å². The average molecular weight is 279 g/mol. The number of nitrogens with zero attached hydrogens (tertiary/aromatic N) is 1. The molecule has 0 aliphatic heterocycles. The Hall–Kier alpha value is -2.13. The fourth-order valence-corrected chi connectivity index (χ4v) is 1.61. The van der Waals surface area contributed by atoms with Gasteiger partial charge in [0.05, 0.1) is 6.07 Å². The Morgan fingerprint density at radius 1 is 1.60 bits per heavy atom. The maximum atomic E-state index is 13.3. The van der Waals surface area contributed by atoms with Crippen LogP contribution in [0, 0.1) is 17.1 Å². The molecule has 3 N–H and O–H groups in total. The highest BCUT2D eigenvalue weighted by Crippen LogP contribution is 2.21. The number of nitrogens with two attached hydrogens (primary N) is 1. The zero-order valence-electron chi connectivity index (χ0n) is 11.4. The van der Waals surface area contributed by atoms with Gasteiger partial charge in [-0.15, -0.1) is 0 Å². The van der Waals surface area contributed by atoms with Crippen LogP contribution in [0.1, 0.15) is 18.9 Å². The third kappa shape index (κ3) is 5.24. The average Bonchev–Trinajstić information content (AvgIpc) is 2.44. The molecule has 0 aliphatic carbocycles. The molecule has 1 amide bonds. The lowest BCUT2D eigenvalue weighted by molar-refractivity contribution is -0.122. The first-order chi connectivity index (χ1) is 9.56. The minimum atomic E-state index is -0.401. The normalized spacial score (nSPS) is 11.5. The number of carbonyl (C=O) groups is 1. The molecule has 108 valence electrons. The highest BCUT2D eigenvalue weighted by molar-refractivity contribution is 5.77. The molecule has 1 unspecified atom stereocenters. The summed E-state index contributed by atoms with van der Waals surface area (Å²) >= 11 is 0. The quantitative estimate of drug-likeness (QED) is 0.732. The number of hydrogen-bond acceptors (Lipinski definition) is 4. The van der Waals surface area contributed by atoms with Gasteiger partial charge in [-0.2, -0.15) is 5.26 Å². The van der Waals surface area contributed by atoms with Crippen LogP contribution in [0.5, 0.6) is 5.75 Å². The molecule has 0 fully saturated rings. The molecular weight excluding hydrogens is 261 g/mol. The summed E-state index contributed by atoms with van der Waals surface area (Å²) < 4.78 is 18.6. The Morgan fingerprint density at radius 2 is 2.35 bits per heavy atom. The monoisotopic (exact) mass is 279 g/mol. The van der Waals surface area contributed by atoms with Crippen LogP contribution in [0.25, 0.3) is 0 Å². The van der Waals surface area contributed by atoms with Crippen LogP contribution in [0.3, 0.4) is 0 Å². The van der Waals surface area contributed by atoms with Crippen LogP contribution in [0.4, 0.5) is 4.39 Å². The standard InChI is InChI=1S/C14H18FN3O2/c1-2-12(17)8-10-7-11(15)3-4-13(10)20-9-14(19)18-6-5-16/h3-4,7,12H,2,6,8-9,17H2,1H3,(H,18,19). The summed E-state index contributed by atoms with van der Waals surface area (Å²) in [5, 5.41) is 10.7. The zero-order valence-corrected chi connectivity index (χ0v) is 11.4. The summed E-state index contributed by atoms with van der Waals surface area (Å²) in [6.07, 6.45) is 1.24. The summed E-state index contributed by atoms with van der Waals surface area (Å²) in [4.78, 5) is 11.3. The van der Waals surface area contributed by atoms with Gasteiger partial charge in [0.15, 0.2) is 6.61 Å². The number of halogens is 1. The van der Waals surface area contributed by atoms with E-state index in [-0.39, 0.29) is 25.0 Å². The highest BCUT2D eigenvalue weighted by atomic mass is 19.1. The van der Waals surface area contributed by atoms with Gasteiger partial charge >= 0.3 is 0 Å². The lowest BCUT2D eigenvalue weighted by atomic mass is 10.0. The van der Waals surface area contributed by atoms with E-state index < -0.39 is 5.91 Å². The molecular formula is C14H18FN3O2. The summed E-state index contributed by atoms with van der Waals surface area (Å²) in [5.74, 6) is -0.339. The third-order valence-corrected chi connectivity index (χ3v) is 2.75. The Kier molecular flexibility index (Phi) is 6.47. The molecule has 0 aromatic heterocycles. The molecule has 0 bridgehead atoms. The van der Waals surface area contributed by atoms with Crippen molar-refractivity contribution >= 4 is 5.91 Å². The second-order valence-corrected chi connectivity index (χ2v) is 4.35. The number of ether oxygens (including phenoxy) is 1. The molecule has 5 nitrogen and oxygen atoms in total. The molecule has 0 heterocycles. The van der Waals surface area contributed by atoms with E-state index in [0.717, 1.165) is 6.42 Å². The van der Waals surface area contributed by atoms with Crippen molar-refractivity contribution in [2.45, 2.75) is 25.8 Å². The van der Waals surface area contributed by atoms with E-state index in [4.69, 9.17) is 15.7 Å². The molecule has 0 saturated carbocycles. The van der Waals surface area contributed by atoms with Gasteiger partial charge in [-0.1, -0.05) is 6.92 Å². The Bertz CT molecular complexity index is 500. The predicted octanol–water partition coefficient (Wildman–Crippen LogP) is 1.12. The molecule has 6 heteroatoms. The lowest BCUT2D eigenvalue weighted by Gasteiger charge is -2.14. The van der Waals surface area contributed by atoms with Crippen LogP contribution in [-0.2, 0) is 11.2 Å². The van der Waals surface area contributed by atoms with E-state index in [1.807, 2.05) is 6.92 Å². The first-order valence-corrected chi connectivity index (χ1v) is 6.37. The molecule has 1 rings (SSSR count). The lowest BCUT2D eigenvalue weighted by Crippen LogP contribution is -2.29. The van der Waals surface area contributed by atoms with Gasteiger partial charge in [0.1, 0.15) is 18.1 Å². The topological polar surface area (TPSA) is 88.1 Å². The second-order valence-electron chi connectivity index (χ2n) is 4.35. The van der Waals surface area contributed by atoms with E-state index in [1.54, 1.807) is 6.07 Å². The van der Waals surface area contributed by atoms with Crippen LogP contribution in [0.15, 0.2) is 18.2 Å². The van der Waals surface area contributed by atoms with Crippen LogP contribution < -0.4 is 15.8 Å². The molecule has 0 saturated heterocycles. The van der Waals surface area contributed by atoms with Crippen LogP contribution in [0.2, 0.25) is 0 Å². The third-order valence-electron chi connectivity index (χ3n) is 2.75. The zero-order chi connectivity index (χ0) is 15.0. The number of amides is 1. The number of benzene rings is 1. The molecule has 0 aliphatic rings. The van der Waals surface area contributed by atoms with E-state index in [9.17, 15) is 9.18 Å². The van der Waals surface area contributed by atoms with E-state index in [1.165, 1.54) is 18.2 Å². The number of nitrogens with one attached hydrogen (secondary N) is 1. The van der Waals surface area contributed by atoms with Gasteiger partial charge in [-0.25, -0.2) is 4.39 Å². The van der Waals surface area contributed by atoms with Gasteiger partial charge < -0.3 is 15.8 Å². The van der Waals surface area contributed by atoms with Gasteiger partial charge in [-0.05, 0) is 36.6 Å². The highest BCUT2D eigenvalue weighted by Gasteiger charge is 2.11. The van der Waals surface area contributed by atoms with Gasteiger partial charge in [-0.3, -0.25) is 4.79 Å². The molecule has 1 aromatic rings. The SMILES string of the molecule is CCC(N)Cc1cc(F)ccc1OCC(=O)NCC#N. The van der Waals surface area contributed by atoms with Crippen molar-refractivity contribution in [3.05, 3.63) is 29.6 Å². The van der Waals surface area contributed by atoms with Gasteiger partial charge in [0.25, 0.3) is 5.91 Å². The summed E-state index contributed by atoms with van der Waals surface area (Å²) in [7, 11) is 0. The molecule has 0 radical (unpaired) electrons. The maximum Gasteiger partial charge on any atom is 0.258 e. The largest absolute Gasteiger partial charge is 0.483 e. The number of hydrogen-bond donors (Lipinski definition) is 2. The number of rotatable bonds is 7. The van der Waals surface area contributed by atoms with Gasteiger partial charge in [0.2, 0.25) is 0 Å². The van der Waals surface area contributed by atoms with Crippen LogP contribution >= 0.6 is 0 Å². The maximum absolute atomic E-state index is 13.3. The first kappa shape index (κ1) is 15.9.